The summed E-state index contributed by atoms with van der Waals surface area (Å²) in [7, 11) is 0. The number of nitrogens with zero attached hydrogens (tertiary/aromatic N) is 13. The monoisotopic (exact) mass is 1750 g/mol. The zero-order valence-electron chi connectivity index (χ0n) is 59.5. The Hall–Kier alpha value is -9.40. The molecular formula is C73H79Br3F12N18O5. The number of hydrogen-bond donors (Lipinski definition) is 5. The predicted molar refractivity (Wildman–Crippen MR) is 404 cm³/mol. The van der Waals surface area contributed by atoms with E-state index in [0.717, 1.165) is 124 Å². The lowest BCUT2D eigenvalue weighted by Crippen LogP contribution is -2.49. The van der Waals surface area contributed by atoms with Gasteiger partial charge in [0.1, 0.15) is 72.8 Å². The van der Waals surface area contributed by atoms with Crippen molar-refractivity contribution in [3.8, 4) is 34.2 Å². The normalized spacial score (nSPS) is 15.3. The molecule has 0 unspecified atom stereocenters. The van der Waals surface area contributed by atoms with E-state index in [1.807, 2.05) is 53.4 Å². The molecule has 38 heteroatoms. The number of aromatic amines is 3. The highest BCUT2D eigenvalue weighted by atomic mass is 79.9. The number of nitrogens with one attached hydrogen (secondary N) is 5. The van der Waals surface area contributed by atoms with Crippen LogP contribution in [0.4, 0.5) is 80.8 Å². The van der Waals surface area contributed by atoms with Crippen LogP contribution >= 0.6 is 47.8 Å². The molecule has 0 radical (unpaired) electrons. The minimum Gasteiger partial charge on any atom is -0.445 e. The Kier molecular flexibility index (Phi) is 33.7. The number of halogens is 15. The first kappa shape index (κ1) is 87.2. The first-order valence-electron chi connectivity index (χ1n) is 35.1. The van der Waals surface area contributed by atoms with Crippen molar-refractivity contribution in [2.45, 2.75) is 92.8 Å². The van der Waals surface area contributed by atoms with Gasteiger partial charge in [-0.15, -0.1) is 0 Å². The van der Waals surface area contributed by atoms with Crippen LogP contribution in [0.1, 0.15) is 101 Å². The highest BCUT2D eigenvalue weighted by molar-refractivity contribution is 9.25. The Morgan fingerprint density at radius 1 is 0.414 bits per heavy atom. The van der Waals surface area contributed by atoms with Crippen molar-refractivity contribution in [3.05, 3.63) is 179 Å². The molecule has 0 bridgehead atoms. The number of aldehydes is 2. The number of H-pyrrole nitrogens is 3. The molecule has 14 rings (SSSR count). The fourth-order valence-electron chi connectivity index (χ4n) is 11.1. The Labute approximate surface area is 656 Å². The highest BCUT2D eigenvalue weighted by Gasteiger charge is 2.41. The minimum absolute atomic E-state index is 0.109. The number of benzene rings is 1. The third kappa shape index (κ3) is 28.7. The number of aromatic nitrogens is 11. The number of carbonyl (C=O) groups is 4. The summed E-state index contributed by atoms with van der Waals surface area (Å²) >= 11 is 7.99. The number of rotatable bonds is 12. The second kappa shape index (κ2) is 42.9. The van der Waals surface area contributed by atoms with E-state index in [-0.39, 0.29) is 30.2 Å². The number of piperidine rings is 3. The van der Waals surface area contributed by atoms with Gasteiger partial charge in [0.25, 0.3) is 5.78 Å². The van der Waals surface area contributed by atoms with E-state index in [1.165, 1.54) is 76.6 Å². The van der Waals surface area contributed by atoms with E-state index in [9.17, 15) is 71.9 Å². The van der Waals surface area contributed by atoms with Crippen LogP contribution < -0.4 is 30.2 Å². The molecule has 0 spiro atoms. The number of alkyl halides is 14. The molecule has 5 saturated heterocycles. The van der Waals surface area contributed by atoms with Crippen LogP contribution in [0.3, 0.4) is 0 Å². The lowest BCUT2D eigenvalue weighted by Gasteiger charge is -2.34. The van der Waals surface area contributed by atoms with Gasteiger partial charge in [0.15, 0.2) is 12.6 Å². The molecular weight excluding hydrogens is 1680 g/mol. The lowest BCUT2D eigenvalue weighted by atomic mass is 10.1. The second-order valence-electron chi connectivity index (χ2n) is 25.1. The predicted octanol–water partition coefficient (Wildman–Crippen LogP) is 15.9. The fourth-order valence-corrected chi connectivity index (χ4v) is 11.8. The summed E-state index contributed by atoms with van der Waals surface area (Å²) in [5.41, 5.74) is 1.10. The zero-order valence-corrected chi connectivity index (χ0v) is 64.3. The molecule has 0 saturated carbocycles. The Balaban J connectivity index is 0.000000172. The van der Waals surface area contributed by atoms with Gasteiger partial charge in [-0.3, -0.25) is 14.4 Å². The third-order valence-corrected chi connectivity index (χ3v) is 18.4. The number of Topliss-reactive ketones (excluding diaryl/α,β-unsaturated/α-hetero) is 1. The van der Waals surface area contributed by atoms with Crippen molar-refractivity contribution < 1.29 is 76.6 Å². The number of hydrogen-bond acceptors (Lipinski definition) is 19. The lowest BCUT2D eigenvalue weighted by molar-refractivity contribution is -0.168. The Bertz CT molecular complexity index is 4120. The number of imidazole rings is 3. The number of piperazine rings is 2. The maximum atomic E-state index is 12.7. The molecule has 1 aromatic carbocycles. The van der Waals surface area contributed by atoms with Crippen LogP contribution in [0.25, 0.3) is 34.2 Å². The van der Waals surface area contributed by atoms with Gasteiger partial charge in [0.2, 0.25) is 0 Å². The largest absolute Gasteiger partial charge is 0.452 e. The maximum Gasteiger partial charge on any atom is 0.452 e. The first-order chi connectivity index (χ1) is 53.1. The average Bonchev–Trinajstić information content (AvgIpc) is 1.07. The van der Waals surface area contributed by atoms with E-state index >= 15 is 0 Å². The van der Waals surface area contributed by atoms with Gasteiger partial charge in [-0.2, -0.15) is 52.7 Å². The summed E-state index contributed by atoms with van der Waals surface area (Å²) in [6, 6.07) is 27.2. The van der Waals surface area contributed by atoms with Crippen LogP contribution in [0.5, 0.6) is 0 Å². The van der Waals surface area contributed by atoms with E-state index < -0.39 is 51.3 Å². The Morgan fingerprint density at radius 2 is 0.784 bits per heavy atom. The van der Waals surface area contributed by atoms with Gasteiger partial charge >= 0.3 is 30.8 Å². The van der Waals surface area contributed by atoms with E-state index in [2.05, 4.69) is 128 Å². The van der Waals surface area contributed by atoms with E-state index in [0.29, 0.717) is 59.8 Å². The summed E-state index contributed by atoms with van der Waals surface area (Å²) in [6.07, 6.45) is 4.83. The quantitative estimate of drug-likeness (QED) is 0.0329. The fraction of sp³-hybridized carbons (Fsp3) is 0.397. The average molecular weight is 1760 g/mol. The third-order valence-electron chi connectivity index (χ3n) is 17.1. The number of carbonyl (C=O) groups excluding carboxylic acids is 4. The van der Waals surface area contributed by atoms with Crippen molar-refractivity contribution in [1.29, 1.82) is 0 Å². The number of ketones is 1. The molecule has 0 aliphatic carbocycles. The van der Waals surface area contributed by atoms with E-state index in [1.54, 1.807) is 59.8 Å². The van der Waals surface area contributed by atoms with Gasteiger partial charge < -0.3 is 54.8 Å². The van der Waals surface area contributed by atoms with Gasteiger partial charge in [-0.25, -0.2) is 44.7 Å². The number of pyridine rings is 5. The zero-order chi connectivity index (χ0) is 80.0. The summed E-state index contributed by atoms with van der Waals surface area (Å²) < 4.78 is 152. The first-order valence-corrected chi connectivity index (χ1v) is 37.7. The smallest absolute Gasteiger partial charge is 0.445 e. The molecule has 5 fully saturated rings. The molecule has 0 atom stereocenters. The van der Waals surface area contributed by atoms with Gasteiger partial charge in [-0.1, -0.05) is 68.6 Å². The van der Waals surface area contributed by atoms with Crippen LogP contribution in [0, 0.1) is 0 Å². The maximum absolute atomic E-state index is 12.7. The molecule has 5 aliphatic rings. The number of anilines is 4. The molecule has 5 aliphatic heterocycles. The summed E-state index contributed by atoms with van der Waals surface area (Å²) in [4.78, 5) is 92.2. The van der Waals surface area contributed by atoms with Gasteiger partial charge in [0, 0.05) is 137 Å². The van der Waals surface area contributed by atoms with E-state index in [4.69, 9.17) is 4.74 Å². The van der Waals surface area contributed by atoms with Crippen molar-refractivity contribution >= 4 is 95.5 Å². The summed E-state index contributed by atoms with van der Waals surface area (Å²) in [6.45, 7) is 12.5. The van der Waals surface area contributed by atoms with Gasteiger partial charge in [0.05, 0.1) is 18.6 Å². The molecule has 9 aromatic rings. The summed E-state index contributed by atoms with van der Waals surface area (Å²) in [5.74, 6) is 1.99. The summed E-state index contributed by atoms with van der Waals surface area (Å²) in [5, 5.41) is 6.53. The minimum atomic E-state index is -4.75. The van der Waals surface area contributed by atoms with Crippen LogP contribution in [0.2, 0.25) is 0 Å². The molecule has 111 heavy (non-hydrogen) atoms. The standard InChI is InChI=1S/C21H20F3N5O2.C14H15F3N4.C13H14F3N5.C11H14N2O.C6H4BrNO.C5H11N.C3HBr2F3O/c22-21(23,24)17-13-26-19(27-17)16-6-7-18(25-12-16)28-8-10-29(11-9-28)20(30)31-14-15-4-2-1-3-5-15;15-14(16,17)11-9-19-13(20-11)10-4-5-12(18-8-10)21-6-2-1-3-7-21;14-13(15,16)10-8-19-12(20-10)9-1-2-11(18-7-9)21-5-3-17-4-6-21;14-9-10-4-5-11(12-8-10)13-6-2-1-3-7-13;7-6-2-1-5(4-9)3-8-6;1-2-4-6-5-3-1;4-2(5)1(9)3(6,7)8/h1-7,12-13H,8-11,14H2,(H,26,27);4-5,8-9H,1-3,6-7H2,(H,19,20);1-2,7-8,17H,3-6H2,(H,19,20);4-5,8-9H,1-3,6-7H2;1-4H;6H,1-5H2;2H. The molecule has 5 N–H and O–H groups in total. The van der Waals surface area contributed by atoms with Crippen LogP contribution in [-0.2, 0) is 34.7 Å². The van der Waals surface area contributed by atoms with Crippen molar-refractivity contribution in [2.24, 2.45) is 0 Å². The molecule has 1 amide bonds. The van der Waals surface area contributed by atoms with Crippen molar-refractivity contribution in [1.82, 2.24) is 70.4 Å². The molecule has 13 heterocycles. The second-order valence-corrected chi connectivity index (χ2v) is 28.9. The molecule has 8 aromatic heterocycles. The Morgan fingerprint density at radius 3 is 1.09 bits per heavy atom. The SMILES string of the molecule is C1CCNCC1.FC(F)(F)c1cnc(-c2ccc(N3CCCCC3)nc2)[nH]1.FC(F)(F)c1cnc(-c2ccc(N3CCNCC3)nc2)[nH]1.O=C(C(Br)Br)C(F)(F)F.O=C(OCc1ccccc1)N1CCN(c2ccc(-c3ncc(C(F)(F)F)[nH]3)cn2)CC1.O=Cc1ccc(Br)nc1.O=Cc1ccc(N2CCCCC2)nc1. The van der Waals surface area contributed by atoms with Crippen LogP contribution in [0.15, 0.2) is 145 Å². The highest BCUT2D eigenvalue weighted by Crippen LogP contribution is 2.33. The van der Waals surface area contributed by atoms with Crippen LogP contribution in [-0.4, -0.2) is 186 Å². The van der Waals surface area contributed by atoms with Crippen molar-refractivity contribution in [2.75, 3.05) is 111 Å². The topological polar surface area (TPSA) is 268 Å². The van der Waals surface area contributed by atoms with Crippen molar-refractivity contribution in [3.63, 3.8) is 0 Å². The molecule has 23 nitrogen and oxygen atoms in total. The number of amides is 1. The molecule has 596 valence electrons. The number of ether oxygens (including phenoxy) is 1. The van der Waals surface area contributed by atoms with Gasteiger partial charge in [-0.05, 0) is 147 Å².